The van der Waals surface area contributed by atoms with Crippen LogP contribution in [0.3, 0.4) is 0 Å². The van der Waals surface area contributed by atoms with Crippen LogP contribution in [-0.2, 0) is 22.7 Å². The van der Waals surface area contributed by atoms with Gasteiger partial charge in [-0.15, -0.1) is 0 Å². The standard InChI is InChI=1S/C28H20N2O4S2/c31-25-23(35-27(33)29(25)15-19-11-5-9-17-7-1-3-13-21(17)19)24-26(32)30(28(34)36-24)16-20-12-6-10-18-8-2-4-14-22(18)20/h1-14,23-24H,15-16H2/t23-,24-/m1/s1. The minimum absolute atomic E-state index is 0.127. The van der Waals surface area contributed by atoms with Gasteiger partial charge in [-0.1, -0.05) is 84.9 Å². The summed E-state index contributed by atoms with van der Waals surface area (Å²) in [5, 5.41) is 1.34. The first-order chi connectivity index (χ1) is 17.5. The summed E-state index contributed by atoms with van der Waals surface area (Å²) < 4.78 is 0. The maximum absolute atomic E-state index is 13.3. The number of hydrogen-bond donors (Lipinski definition) is 0. The topological polar surface area (TPSA) is 74.8 Å². The Morgan fingerprint density at radius 2 is 0.917 bits per heavy atom. The zero-order valence-electron chi connectivity index (χ0n) is 19.0. The SMILES string of the molecule is O=C1S[C@H]([C@H]2SC(=O)N(Cc3cccc4ccccc34)C2=O)C(=O)N1Cc1cccc2ccccc12. The molecule has 0 aliphatic carbocycles. The number of carbonyl (C=O) groups excluding carboxylic acids is 4. The Bertz CT molecular complexity index is 1440. The van der Waals surface area contributed by atoms with Crippen molar-refractivity contribution < 1.29 is 19.2 Å². The third-order valence-electron chi connectivity index (χ3n) is 6.61. The Balaban J connectivity index is 1.22. The summed E-state index contributed by atoms with van der Waals surface area (Å²) >= 11 is 1.67. The molecule has 178 valence electrons. The van der Waals surface area contributed by atoms with Crippen LogP contribution in [0.15, 0.2) is 84.9 Å². The van der Waals surface area contributed by atoms with Gasteiger partial charge in [0.05, 0.1) is 13.1 Å². The van der Waals surface area contributed by atoms with Crippen LogP contribution in [0.5, 0.6) is 0 Å². The second kappa shape index (κ2) is 9.11. The van der Waals surface area contributed by atoms with Gasteiger partial charge < -0.3 is 0 Å². The average molecular weight is 513 g/mol. The first-order valence-corrected chi connectivity index (χ1v) is 13.2. The summed E-state index contributed by atoms with van der Waals surface area (Å²) in [5.74, 6) is -0.854. The van der Waals surface area contributed by atoms with Gasteiger partial charge in [0.25, 0.3) is 10.5 Å². The molecule has 0 saturated carbocycles. The van der Waals surface area contributed by atoms with E-state index < -0.39 is 32.8 Å². The fourth-order valence-corrected chi connectivity index (χ4v) is 7.07. The highest BCUT2D eigenvalue weighted by molar-refractivity contribution is 8.19. The largest absolute Gasteiger partial charge is 0.289 e. The lowest BCUT2D eigenvalue weighted by molar-refractivity contribution is -0.132. The average Bonchev–Trinajstić information content (AvgIpc) is 3.33. The Morgan fingerprint density at radius 3 is 1.36 bits per heavy atom. The molecule has 2 atom stereocenters. The van der Waals surface area contributed by atoms with E-state index in [0.29, 0.717) is 0 Å². The fourth-order valence-electron chi connectivity index (χ4n) is 4.80. The molecule has 0 aromatic heterocycles. The van der Waals surface area contributed by atoms with Crippen LogP contribution in [0.25, 0.3) is 21.5 Å². The minimum atomic E-state index is -0.925. The summed E-state index contributed by atoms with van der Waals surface area (Å²) in [5.41, 5.74) is 1.71. The molecule has 2 heterocycles. The summed E-state index contributed by atoms with van der Waals surface area (Å²) in [6, 6.07) is 27.1. The van der Waals surface area contributed by atoms with Crippen LogP contribution < -0.4 is 0 Å². The lowest BCUT2D eigenvalue weighted by Crippen LogP contribution is -2.40. The highest BCUT2D eigenvalue weighted by Crippen LogP contribution is 2.41. The molecule has 2 saturated heterocycles. The van der Waals surface area contributed by atoms with E-state index in [1.165, 1.54) is 9.80 Å². The Labute approximate surface area is 215 Å². The van der Waals surface area contributed by atoms with Crippen molar-refractivity contribution in [2.45, 2.75) is 23.6 Å². The van der Waals surface area contributed by atoms with Crippen LogP contribution in [0.4, 0.5) is 9.59 Å². The van der Waals surface area contributed by atoms with Crippen molar-refractivity contribution in [1.82, 2.24) is 9.80 Å². The van der Waals surface area contributed by atoms with Crippen molar-refractivity contribution in [2.24, 2.45) is 0 Å². The molecule has 6 rings (SSSR count). The normalized spacial score (nSPS) is 20.3. The smallest absolute Gasteiger partial charge is 0.273 e. The van der Waals surface area contributed by atoms with Crippen molar-refractivity contribution in [3.8, 4) is 0 Å². The van der Waals surface area contributed by atoms with E-state index in [-0.39, 0.29) is 13.1 Å². The zero-order chi connectivity index (χ0) is 24.8. The summed E-state index contributed by atoms with van der Waals surface area (Å²) in [6.07, 6.45) is 0. The molecule has 4 aromatic rings. The van der Waals surface area contributed by atoms with Crippen LogP contribution in [0.1, 0.15) is 11.1 Å². The molecule has 2 fully saturated rings. The van der Waals surface area contributed by atoms with Gasteiger partial charge in [0.1, 0.15) is 10.5 Å². The maximum atomic E-state index is 13.3. The van der Waals surface area contributed by atoms with Gasteiger partial charge in [0.2, 0.25) is 11.8 Å². The monoisotopic (exact) mass is 512 g/mol. The molecule has 0 unspecified atom stereocenters. The van der Waals surface area contributed by atoms with Gasteiger partial charge >= 0.3 is 0 Å². The second-order valence-electron chi connectivity index (χ2n) is 8.73. The number of fused-ring (bicyclic) bond motifs is 2. The molecule has 2 aliphatic heterocycles. The van der Waals surface area contributed by atoms with Gasteiger partial charge in [-0.05, 0) is 56.2 Å². The third-order valence-corrected chi connectivity index (χ3v) is 9.08. The Morgan fingerprint density at radius 1 is 0.528 bits per heavy atom. The quantitative estimate of drug-likeness (QED) is 0.335. The number of amides is 4. The van der Waals surface area contributed by atoms with Crippen molar-refractivity contribution >= 4 is 67.4 Å². The molecule has 2 aliphatic rings. The van der Waals surface area contributed by atoms with Crippen molar-refractivity contribution in [3.05, 3.63) is 96.1 Å². The lowest BCUT2D eigenvalue weighted by Gasteiger charge is -2.18. The summed E-state index contributed by atoms with van der Waals surface area (Å²) in [7, 11) is 0. The van der Waals surface area contributed by atoms with E-state index in [4.69, 9.17) is 0 Å². The Hall–Kier alpha value is -3.62. The molecule has 0 radical (unpaired) electrons. The molecule has 0 N–H and O–H groups in total. The molecule has 4 aromatic carbocycles. The first-order valence-electron chi connectivity index (χ1n) is 11.5. The van der Waals surface area contributed by atoms with E-state index in [2.05, 4.69) is 0 Å². The predicted molar refractivity (Wildman–Crippen MR) is 143 cm³/mol. The number of imide groups is 2. The Kier molecular flexibility index (Phi) is 5.78. The highest BCUT2D eigenvalue weighted by atomic mass is 32.2. The van der Waals surface area contributed by atoms with Gasteiger partial charge in [-0.25, -0.2) is 0 Å². The first kappa shape index (κ1) is 22.8. The number of thioether (sulfide) groups is 2. The molecule has 4 amide bonds. The number of rotatable bonds is 5. The molecule has 6 nitrogen and oxygen atoms in total. The molecular weight excluding hydrogens is 492 g/mol. The molecule has 36 heavy (non-hydrogen) atoms. The van der Waals surface area contributed by atoms with E-state index in [9.17, 15) is 19.2 Å². The van der Waals surface area contributed by atoms with Gasteiger partial charge in [0.15, 0.2) is 0 Å². The van der Waals surface area contributed by atoms with Crippen LogP contribution in [0, 0.1) is 0 Å². The highest BCUT2D eigenvalue weighted by Gasteiger charge is 2.52. The van der Waals surface area contributed by atoms with E-state index in [1.807, 2.05) is 84.9 Å². The lowest BCUT2D eigenvalue weighted by atomic mass is 10.0. The number of hydrogen-bond acceptors (Lipinski definition) is 6. The van der Waals surface area contributed by atoms with E-state index in [1.54, 1.807) is 0 Å². The van der Waals surface area contributed by atoms with Crippen LogP contribution in [0.2, 0.25) is 0 Å². The molecular formula is C28H20N2O4S2. The molecule has 0 spiro atoms. The summed E-state index contributed by atoms with van der Waals surface area (Å²) in [4.78, 5) is 54.7. The fraction of sp³-hybridized carbons (Fsp3) is 0.143. The summed E-state index contributed by atoms with van der Waals surface area (Å²) in [6.45, 7) is 0.253. The van der Waals surface area contributed by atoms with Gasteiger partial charge in [-0.2, -0.15) is 0 Å². The maximum Gasteiger partial charge on any atom is 0.289 e. The van der Waals surface area contributed by atoms with E-state index >= 15 is 0 Å². The van der Waals surface area contributed by atoms with Gasteiger partial charge in [0, 0.05) is 0 Å². The van der Waals surface area contributed by atoms with Crippen molar-refractivity contribution in [3.63, 3.8) is 0 Å². The molecule has 8 heteroatoms. The van der Waals surface area contributed by atoms with Crippen molar-refractivity contribution in [1.29, 1.82) is 0 Å². The zero-order valence-corrected chi connectivity index (χ0v) is 20.6. The van der Waals surface area contributed by atoms with Crippen LogP contribution >= 0.6 is 23.5 Å². The predicted octanol–water partition coefficient (Wildman–Crippen LogP) is 5.82. The minimum Gasteiger partial charge on any atom is -0.273 e. The van der Waals surface area contributed by atoms with Gasteiger partial charge in [-0.3, -0.25) is 29.0 Å². The van der Waals surface area contributed by atoms with Crippen molar-refractivity contribution in [2.75, 3.05) is 0 Å². The number of benzene rings is 4. The van der Waals surface area contributed by atoms with Crippen LogP contribution in [-0.4, -0.2) is 42.6 Å². The second-order valence-corrected chi connectivity index (χ2v) is 10.9. The number of carbonyl (C=O) groups is 4. The third kappa shape index (κ3) is 3.86. The number of nitrogens with zero attached hydrogens (tertiary/aromatic N) is 2. The van der Waals surface area contributed by atoms with E-state index in [0.717, 1.165) is 56.2 Å². The molecule has 0 bridgehead atoms.